The number of fused-ring (bicyclic) bond motifs is 1. The van der Waals surface area contributed by atoms with Gasteiger partial charge in [0.25, 0.3) is 5.91 Å². The zero-order chi connectivity index (χ0) is 20.5. The molecule has 1 fully saturated rings. The summed E-state index contributed by atoms with van der Waals surface area (Å²) in [7, 11) is 0. The number of amides is 4. The van der Waals surface area contributed by atoms with Gasteiger partial charge in [-0.15, -0.1) is 0 Å². The van der Waals surface area contributed by atoms with Crippen molar-refractivity contribution < 1.29 is 23.9 Å². The number of hydrogen-bond donors (Lipinski definition) is 1. The number of nitrogens with one attached hydrogen (secondary N) is 1. The molecule has 2 aliphatic rings. The van der Waals surface area contributed by atoms with Gasteiger partial charge in [-0.3, -0.25) is 19.4 Å². The molecular formula is C21H21N3O5. The van der Waals surface area contributed by atoms with Gasteiger partial charge in [0.2, 0.25) is 5.91 Å². The predicted octanol–water partition coefficient (Wildman–Crippen LogP) is 2.56. The van der Waals surface area contributed by atoms with Gasteiger partial charge >= 0.3 is 6.03 Å². The van der Waals surface area contributed by atoms with Gasteiger partial charge in [0, 0.05) is 17.4 Å². The summed E-state index contributed by atoms with van der Waals surface area (Å²) in [6.07, 6.45) is 0. The molecule has 0 unspecified atom stereocenters. The molecule has 1 N–H and O–H groups in total. The summed E-state index contributed by atoms with van der Waals surface area (Å²) in [5, 5.41) is 2.70. The maximum absolute atomic E-state index is 12.8. The van der Waals surface area contributed by atoms with Crippen molar-refractivity contribution in [3.8, 4) is 11.5 Å². The predicted molar refractivity (Wildman–Crippen MR) is 106 cm³/mol. The minimum Gasteiger partial charge on any atom is -0.486 e. The van der Waals surface area contributed by atoms with Gasteiger partial charge in [0.05, 0.1) is 0 Å². The first-order chi connectivity index (χ1) is 13.9. The van der Waals surface area contributed by atoms with Crippen LogP contribution in [0.3, 0.4) is 0 Å². The molecule has 0 aliphatic carbocycles. The van der Waals surface area contributed by atoms with E-state index in [0.29, 0.717) is 36.1 Å². The number of carbonyl (C=O) groups is 3. The van der Waals surface area contributed by atoms with E-state index in [-0.39, 0.29) is 6.54 Å². The van der Waals surface area contributed by atoms with Gasteiger partial charge in [-0.25, -0.2) is 4.79 Å². The highest BCUT2D eigenvalue weighted by Gasteiger charge is 2.44. The van der Waals surface area contributed by atoms with E-state index in [9.17, 15) is 14.4 Å². The molecule has 0 saturated carbocycles. The van der Waals surface area contributed by atoms with E-state index in [2.05, 4.69) is 5.32 Å². The number of ether oxygens (including phenoxy) is 2. The van der Waals surface area contributed by atoms with Crippen LogP contribution in [0, 0.1) is 6.92 Å². The van der Waals surface area contributed by atoms with Crippen molar-refractivity contribution in [3.05, 3.63) is 48.0 Å². The van der Waals surface area contributed by atoms with Crippen LogP contribution in [0.4, 0.5) is 16.2 Å². The zero-order valence-electron chi connectivity index (χ0n) is 16.2. The molecule has 29 heavy (non-hydrogen) atoms. The number of nitrogens with zero attached hydrogens (tertiary/aromatic N) is 2. The second kappa shape index (κ2) is 7.46. The summed E-state index contributed by atoms with van der Waals surface area (Å²) in [6, 6.07) is 11.2. The molecular weight excluding hydrogens is 374 g/mol. The van der Waals surface area contributed by atoms with Crippen molar-refractivity contribution in [1.82, 2.24) is 4.90 Å². The number of anilines is 2. The van der Waals surface area contributed by atoms with Gasteiger partial charge in [0.1, 0.15) is 25.8 Å². The van der Waals surface area contributed by atoms with Crippen LogP contribution in [0.1, 0.15) is 12.5 Å². The number of carbonyl (C=O) groups excluding carboxylic acids is 3. The Kier molecular flexibility index (Phi) is 4.84. The Balaban J connectivity index is 1.46. The van der Waals surface area contributed by atoms with Gasteiger partial charge in [0.15, 0.2) is 11.5 Å². The summed E-state index contributed by atoms with van der Waals surface area (Å²) in [5.41, 5.74) is 2.17. The van der Waals surface area contributed by atoms with Crippen LogP contribution in [0.5, 0.6) is 11.5 Å². The van der Waals surface area contributed by atoms with Crippen molar-refractivity contribution in [2.45, 2.75) is 19.9 Å². The molecule has 150 valence electrons. The Morgan fingerprint density at radius 3 is 2.48 bits per heavy atom. The Morgan fingerprint density at radius 1 is 1.07 bits per heavy atom. The third-order valence-corrected chi connectivity index (χ3v) is 4.89. The first-order valence-corrected chi connectivity index (χ1v) is 9.35. The fraction of sp³-hybridized carbons (Fsp3) is 0.286. The fourth-order valence-corrected chi connectivity index (χ4v) is 3.38. The van der Waals surface area contributed by atoms with Crippen LogP contribution >= 0.6 is 0 Å². The van der Waals surface area contributed by atoms with E-state index >= 15 is 0 Å². The Hall–Kier alpha value is -3.55. The van der Waals surface area contributed by atoms with Gasteiger partial charge in [-0.05, 0) is 38.1 Å². The molecule has 1 saturated heterocycles. The van der Waals surface area contributed by atoms with E-state index in [1.807, 2.05) is 19.1 Å². The fourth-order valence-electron chi connectivity index (χ4n) is 3.38. The molecule has 1 atom stereocenters. The number of imide groups is 1. The third kappa shape index (κ3) is 3.61. The Labute approximate surface area is 168 Å². The van der Waals surface area contributed by atoms with Crippen LogP contribution in [0.25, 0.3) is 0 Å². The standard InChI is InChI=1S/C21H21N3O5/c1-13-3-6-16(7-4-13)24-14(2)20(26)23(21(24)27)12-19(25)22-15-5-8-17-18(11-15)29-10-9-28-17/h3-8,11,14H,9-10,12H2,1-2H3,(H,22,25)/t14-/m1/s1. The molecule has 2 aromatic rings. The van der Waals surface area contributed by atoms with Crippen LogP contribution in [0.15, 0.2) is 42.5 Å². The molecule has 0 bridgehead atoms. The molecule has 0 aromatic heterocycles. The first kappa shape index (κ1) is 18.8. The average Bonchev–Trinajstić information content (AvgIpc) is 2.92. The number of hydrogen-bond acceptors (Lipinski definition) is 5. The van der Waals surface area contributed by atoms with Gasteiger partial charge in [-0.2, -0.15) is 0 Å². The van der Waals surface area contributed by atoms with E-state index in [1.165, 1.54) is 4.90 Å². The molecule has 4 amide bonds. The van der Waals surface area contributed by atoms with Gasteiger partial charge in [-0.1, -0.05) is 17.7 Å². The first-order valence-electron chi connectivity index (χ1n) is 9.35. The van der Waals surface area contributed by atoms with E-state index in [0.717, 1.165) is 10.5 Å². The highest BCUT2D eigenvalue weighted by molar-refractivity contribution is 6.16. The third-order valence-electron chi connectivity index (χ3n) is 4.89. The number of urea groups is 1. The van der Waals surface area contributed by atoms with E-state index < -0.39 is 23.9 Å². The topological polar surface area (TPSA) is 88.2 Å². The SMILES string of the molecule is Cc1ccc(N2C(=O)N(CC(=O)Nc3ccc4c(c3)OCCO4)C(=O)[C@H]2C)cc1. The summed E-state index contributed by atoms with van der Waals surface area (Å²) in [5.74, 6) is 0.275. The molecule has 2 heterocycles. The molecule has 0 radical (unpaired) electrons. The zero-order valence-corrected chi connectivity index (χ0v) is 16.2. The molecule has 4 rings (SSSR count). The van der Waals surface area contributed by atoms with Crippen LogP contribution in [-0.4, -0.2) is 48.5 Å². The number of rotatable bonds is 4. The lowest BCUT2D eigenvalue weighted by molar-refractivity contribution is -0.130. The quantitative estimate of drug-likeness (QED) is 0.804. The smallest absolute Gasteiger partial charge is 0.332 e. The Bertz CT molecular complexity index is 973. The summed E-state index contributed by atoms with van der Waals surface area (Å²) >= 11 is 0. The van der Waals surface area contributed by atoms with Crippen molar-refractivity contribution in [3.63, 3.8) is 0 Å². The normalized spacial score (nSPS) is 18.2. The summed E-state index contributed by atoms with van der Waals surface area (Å²) in [4.78, 5) is 40.2. The molecule has 8 nitrogen and oxygen atoms in total. The summed E-state index contributed by atoms with van der Waals surface area (Å²) < 4.78 is 10.9. The lowest BCUT2D eigenvalue weighted by atomic mass is 10.2. The minimum atomic E-state index is -0.674. The number of benzene rings is 2. The van der Waals surface area contributed by atoms with E-state index in [1.54, 1.807) is 37.3 Å². The molecule has 2 aliphatic heterocycles. The van der Waals surface area contributed by atoms with Crippen LogP contribution < -0.4 is 19.7 Å². The lowest BCUT2D eigenvalue weighted by Gasteiger charge is -2.20. The molecule has 0 spiro atoms. The minimum absolute atomic E-state index is 0.362. The lowest BCUT2D eigenvalue weighted by Crippen LogP contribution is -2.39. The van der Waals surface area contributed by atoms with Gasteiger partial charge < -0.3 is 14.8 Å². The van der Waals surface area contributed by atoms with Crippen molar-refractivity contribution >= 4 is 29.2 Å². The van der Waals surface area contributed by atoms with E-state index in [4.69, 9.17) is 9.47 Å². The highest BCUT2D eigenvalue weighted by atomic mass is 16.6. The van der Waals surface area contributed by atoms with Crippen molar-refractivity contribution in [1.29, 1.82) is 0 Å². The van der Waals surface area contributed by atoms with Crippen LogP contribution in [0.2, 0.25) is 0 Å². The second-order valence-electron chi connectivity index (χ2n) is 7.00. The molecule has 8 heteroatoms. The monoisotopic (exact) mass is 395 g/mol. The average molecular weight is 395 g/mol. The molecule has 2 aromatic carbocycles. The maximum atomic E-state index is 12.8. The van der Waals surface area contributed by atoms with Crippen molar-refractivity contribution in [2.24, 2.45) is 0 Å². The maximum Gasteiger partial charge on any atom is 0.332 e. The second-order valence-corrected chi connectivity index (χ2v) is 7.00. The van der Waals surface area contributed by atoms with Crippen LogP contribution in [-0.2, 0) is 9.59 Å². The largest absolute Gasteiger partial charge is 0.486 e. The summed E-state index contributed by atoms with van der Waals surface area (Å²) in [6.45, 7) is 4.15. The Morgan fingerprint density at radius 2 is 1.76 bits per heavy atom. The highest BCUT2D eigenvalue weighted by Crippen LogP contribution is 2.32. The van der Waals surface area contributed by atoms with Crippen molar-refractivity contribution in [2.75, 3.05) is 30.0 Å². The number of aryl methyl sites for hydroxylation is 1.